The molecular formula is C31H56O4. The van der Waals surface area contributed by atoms with E-state index in [2.05, 4.69) is 48.5 Å². The molecule has 5 unspecified atom stereocenters. The predicted octanol–water partition coefficient (Wildman–Crippen LogP) is 6.09. The molecule has 4 heteroatoms. The van der Waals surface area contributed by atoms with Gasteiger partial charge < -0.3 is 20.4 Å². The summed E-state index contributed by atoms with van der Waals surface area (Å²) in [6.07, 6.45) is 8.62. The zero-order valence-electron chi connectivity index (χ0n) is 24.2. The molecule has 4 N–H and O–H groups in total. The minimum absolute atomic E-state index is 0.0214. The van der Waals surface area contributed by atoms with Crippen molar-refractivity contribution in [1.29, 1.82) is 0 Å². The molecule has 0 spiro atoms. The number of hydrogen-bond donors (Lipinski definition) is 4. The Labute approximate surface area is 215 Å². The molecule has 4 nitrogen and oxygen atoms in total. The van der Waals surface area contributed by atoms with E-state index in [1.54, 1.807) is 13.8 Å². The lowest BCUT2D eigenvalue weighted by Crippen LogP contribution is -2.75. The van der Waals surface area contributed by atoms with E-state index < -0.39 is 17.3 Å². The van der Waals surface area contributed by atoms with E-state index >= 15 is 0 Å². The lowest BCUT2D eigenvalue weighted by atomic mass is 9.31. The largest absolute Gasteiger partial charge is 0.393 e. The standard InChI is InChI=1S/C31H56O4/c1-20(10-11-24(33)26(4,5)34)21-12-16-29(8)27(21,6)18-19-30(9)28(7)15-14-23(32)25(2,3)22(28)13-17-31(29,30)35/h20-24,32-35H,10-19H2,1-9H3/t20?,21?,22-,23-,24?,27+,28-,29+,30?,31?/m0/s1. The molecule has 0 radical (unpaired) electrons. The van der Waals surface area contributed by atoms with Gasteiger partial charge in [-0.1, -0.05) is 48.5 Å². The summed E-state index contributed by atoms with van der Waals surface area (Å²) < 4.78 is 0. The van der Waals surface area contributed by atoms with Gasteiger partial charge in [-0.05, 0) is 112 Å². The van der Waals surface area contributed by atoms with E-state index in [1.807, 2.05) is 0 Å². The van der Waals surface area contributed by atoms with Crippen molar-refractivity contribution < 1.29 is 20.4 Å². The smallest absolute Gasteiger partial charge is 0.0849 e. The fraction of sp³-hybridized carbons (Fsp3) is 1.00. The number of hydrogen-bond acceptors (Lipinski definition) is 4. The Morgan fingerprint density at radius 3 is 2.00 bits per heavy atom. The molecule has 0 aromatic carbocycles. The van der Waals surface area contributed by atoms with Gasteiger partial charge in [-0.3, -0.25) is 0 Å². The highest BCUT2D eigenvalue weighted by Crippen LogP contribution is 2.80. The lowest BCUT2D eigenvalue weighted by Gasteiger charge is -2.75. The molecule has 0 amide bonds. The Bertz CT molecular complexity index is 817. The molecule has 4 rings (SSSR count). The highest BCUT2D eigenvalue weighted by Gasteiger charge is 2.77. The van der Waals surface area contributed by atoms with Crippen LogP contribution in [0.1, 0.15) is 127 Å². The van der Waals surface area contributed by atoms with E-state index in [1.165, 1.54) is 0 Å². The summed E-state index contributed by atoms with van der Waals surface area (Å²) >= 11 is 0. The molecule has 4 aliphatic carbocycles. The lowest BCUT2D eigenvalue weighted by molar-refractivity contribution is -0.322. The Hall–Kier alpha value is -0.160. The number of rotatable bonds is 5. The van der Waals surface area contributed by atoms with Gasteiger partial charge >= 0.3 is 0 Å². The van der Waals surface area contributed by atoms with Gasteiger partial charge in [0.05, 0.1) is 23.4 Å². The molecule has 4 aliphatic rings. The van der Waals surface area contributed by atoms with Gasteiger partial charge in [-0.15, -0.1) is 0 Å². The van der Waals surface area contributed by atoms with Crippen LogP contribution >= 0.6 is 0 Å². The van der Waals surface area contributed by atoms with Gasteiger partial charge in [0.15, 0.2) is 0 Å². The monoisotopic (exact) mass is 492 g/mol. The highest BCUT2D eigenvalue weighted by atomic mass is 16.3. The minimum atomic E-state index is -1.06. The second-order valence-corrected chi connectivity index (χ2v) is 15.7. The maximum absolute atomic E-state index is 13.0. The van der Waals surface area contributed by atoms with Crippen molar-refractivity contribution in [3.63, 3.8) is 0 Å². The Morgan fingerprint density at radius 1 is 0.800 bits per heavy atom. The third-order valence-electron chi connectivity index (χ3n) is 13.9. The molecule has 0 heterocycles. The molecule has 0 aliphatic heterocycles. The fourth-order valence-electron chi connectivity index (χ4n) is 10.9. The SMILES string of the molecule is CC(CCC(O)C(C)(C)O)C1CC[C@@]2(C)C3(O)CC[C@H]4C(C)(C)[C@@H](O)CC[C@]4(C)C3(C)CC[C@]12C. The first-order chi connectivity index (χ1) is 15.8. The Balaban J connectivity index is 1.64. The molecule has 0 aromatic heterocycles. The van der Waals surface area contributed by atoms with Crippen LogP contribution in [0.2, 0.25) is 0 Å². The molecule has 4 fully saturated rings. The highest BCUT2D eigenvalue weighted by molar-refractivity contribution is 5.26. The van der Waals surface area contributed by atoms with Crippen molar-refractivity contribution in [3.8, 4) is 0 Å². The fourth-order valence-corrected chi connectivity index (χ4v) is 10.9. The van der Waals surface area contributed by atoms with Crippen molar-refractivity contribution >= 4 is 0 Å². The summed E-state index contributed by atoms with van der Waals surface area (Å²) in [7, 11) is 0. The van der Waals surface area contributed by atoms with Crippen LogP contribution in [0.3, 0.4) is 0 Å². The van der Waals surface area contributed by atoms with Crippen LogP contribution in [0.25, 0.3) is 0 Å². The first-order valence-electron chi connectivity index (χ1n) is 14.6. The van der Waals surface area contributed by atoms with Crippen molar-refractivity contribution in [2.24, 2.45) is 44.8 Å². The molecule has 0 saturated heterocycles. The summed E-state index contributed by atoms with van der Waals surface area (Å²) in [5.74, 6) is 1.39. The zero-order chi connectivity index (χ0) is 26.5. The quantitative estimate of drug-likeness (QED) is 0.375. The first-order valence-corrected chi connectivity index (χ1v) is 14.6. The van der Waals surface area contributed by atoms with Gasteiger partial charge in [-0.2, -0.15) is 0 Å². The molecule has 204 valence electrons. The second kappa shape index (κ2) is 8.17. The molecular weight excluding hydrogens is 436 g/mol. The molecule has 4 saturated carbocycles. The Morgan fingerprint density at radius 2 is 1.40 bits per heavy atom. The average Bonchev–Trinajstić information content (AvgIpc) is 3.03. The molecule has 0 bridgehead atoms. The predicted molar refractivity (Wildman–Crippen MR) is 142 cm³/mol. The van der Waals surface area contributed by atoms with Crippen molar-refractivity contribution in [3.05, 3.63) is 0 Å². The van der Waals surface area contributed by atoms with Crippen molar-refractivity contribution in [2.45, 2.75) is 150 Å². The van der Waals surface area contributed by atoms with Crippen LogP contribution in [0, 0.1) is 44.8 Å². The normalized spacial score (nSPS) is 51.2. The summed E-state index contributed by atoms with van der Waals surface area (Å²) in [4.78, 5) is 0. The van der Waals surface area contributed by atoms with Gasteiger partial charge in [0.1, 0.15) is 0 Å². The second-order valence-electron chi connectivity index (χ2n) is 15.7. The third-order valence-corrected chi connectivity index (χ3v) is 13.9. The van der Waals surface area contributed by atoms with E-state index in [0.29, 0.717) is 24.2 Å². The Kier molecular flexibility index (Phi) is 6.50. The van der Waals surface area contributed by atoms with Gasteiger partial charge in [0, 0.05) is 10.8 Å². The van der Waals surface area contributed by atoms with Crippen LogP contribution < -0.4 is 0 Å². The van der Waals surface area contributed by atoms with Gasteiger partial charge in [-0.25, -0.2) is 0 Å². The van der Waals surface area contributed by atoms with Crippen molar-refractivity contribution in [2.75, 3.05) is 0 Å². The number of aliphatic hydroxyl groups excluding tert-OH is 2. The number of fused-ring (bicyclic) bond motifs is 5. The maximum Gasteiger partial charge on any atom is 0.0849 e. The minimum Gasteiger partial charge on any atom is -0.393 e. The topological polar surface area (TPSA) is 80.9 Å². The van der Waals surface area contributed by atoms with Crippen LogP contribution in [0.4, 0.5) is 0 Å². The molecule has 0 aromatic rings. The molecule has 10 atom stereocenters. The summed E-state index contributed by atoms with van der Waals surface area (Å²) in [6, 6.07) is 0. The zero-order valence-corrected chi connectivity index (χ0v) is 24.2. The summed E-state index contributed by atoms with van der Waals surface area (Å²) in [5.41, 5.74) is -2.12. The summed E-state index contributed by atoms with van der Waals surface area (Å²) in [6.45, 7) is 20.0. The van der Waals surface area contributed by atoms with E-state index in [0.717, 1.165) is 57.8 Å². The third kappa shape index (κ3) is 3.44. The van der Waals surface area contributed by atoms with E-state index in [-0.39, 0.29) is 33.2 Å². The maximum atomic E-state index is 13.0. The average molecular weight is 493 g/mol. The first kappa shape index (κ1) is 27.9. The van der Waals surface area contributed by atoms with Gasteiger partial charge in [0.25, 0.3) is 0 Å². The molecule has 35 heavy (non-hydrogen) atoms. The van der Waals surface area contributed by atoms with Crippen LogP contribution in [0.15, 0.2) is 0 Å². The van der Waals surface area contributed by atoms with E-state index in [9.17, 15) is 20.4 Å². The van der Waals surface area contributed by atoms with Crippen LogP contribution in [-0.2, 0) is 0 Å². The van der Waals surface area contributed by atoms with Crippen LogP contribution in [-0.4, -0.2) is 43.8 Å². The van der Waals surface area contributed by atoms with Crippen LogP contribution in [0.5, 0.6) is 0 Å². The van der Waals surface area contributed by atoms with Gasteiger partial charge in [0.2, 0.25) is 0 Å². The van der Waals surface area contributed by atoms with E-state index in [4.69, 9.17) is 0 Å². The number of aliphatic hydroxyl groups is 4. The van der Waals surface area contributed by atoms with Crippen molar-refractivity contribution in [1.82, 2.24) is 0 Å². The summed E-state index contributed by atoms with van der Waals surface area (Å²) in [5, 5.41) is 44.5.